The predicted molar refractivity (Wildman–Crippen MR) is 80.9 cm³/mol. The van der Waals surface area contributed by atoms with Crippen LogP contribution in [0.4, 0.5) is 10.1 Å². The number of amides is 1. The Hall–Kier alpha value is -1.20. The summed E-state index contributed by atoms with van der Waals surface area (Å²) < 4.78 is 15.1. The zero-order valence-corrected chi connectivity index (χ0v) is 13.2. The molecular weight excluding hydrogens is 377 g/mol. The number of carbonyl (C=O) groups is 1. The van der Waals surface area contributed by atoms with E-state index in [1.807, 2.05) is 6.92 Å². The first-order chi connectivity index (χ1) is 8.97. The molecule has 0 aliphatic carbocycles. The van der Waals surface area contributed by atoms with E-state index in [-0.39, 0.29) is 11.6 Å². The molecule has 19 heavy (non-hydrogen) atoms. The van der Waals surface area contributed by atoms with Crippen molar-refractivity contribution in [1.82, 2.24) is 0 Å². The lowest BCUT2D eigenvalue weighted by atomic mass is 10.2. The molecule has 98 valence electrons. The molecule has 2 nitrogen and oxygen atoms in total. The van der Waals surface area contributed by atoms with E-state index in [1.54, 1.807) is 30.3 Å². The van der Waals surface area contributed by atoms with Crippen LogP contribution in [0.5, 0.6) is 0 Å². The minimum atomic E-state index is -0.452. The van der Waals surface area contributed by atoms with Crippen LogP contribution in [0, 0.1) is 12.7 Å². The molecule has 0 heterocycles. The molecule has 0 saturated heterocycles. The van der Waals surface area contributed by atoms with Gasteiger partial charge in [-0.05, 0) is 58.7 Å². The van der Waals surface area contributed by atoms with Gasteiger partial charge in [0.05, 0.1) is 11.3 Å². The van der Waals surface area contributed by atoms with E-state index in [1.165, 1.54) is 6.07 Å². The second kappa shape index (κ2) is 5.84. The first kappa shape index (κ1) is 14.2. The van der Waals surface area contributed by atoms with Crippen molar-refractivity contribution in [2.75, 3.05) is 5.32 Å². The number of hydrogen-bond acceptors (Lipinski definition) is 1. The Morgan fingerprint density at radius 1 is 1.16 bits per heavy atom. The highest BCUT2D eigenvalue weighted by molar-refractivity contribution is 9.11. The fourth-order valence-electron chi connectivity index (χ4n) is 1.60. The second-order valence-corrected chi connectivity index (χ2v) is 5.83. The fourth-order valence-corrected chi connectivity index (χ4v) is 2.83. The summed E-state index contributed by atoms with van der Waals surface area (Å²) in [6.45, 7) is 1.84. The van der Waals surface area contributed by atoms with Crippen LogP contribution in [0.1, 0.15) is 15.9 Å². The lowest BCUT2D eigenvalue weighted by Crippen LogP contribution is -2.13. The van der Waals surface area contributed by atoms with Crippen LogP contribution in [0.3, 0.4) is 0 Å². The number of aryl methyl sites for hydroxylation is 1. The number of carbonyl (C=O) groups excluding carboxylic acids is 1. The van der Waals surface area contributed by atoms with Gasteiger partial charge >= 0.3 is 0 Å². The molecule has 0 bridgehead atoms. The molecule has 0 aliphatic rings. The Kier molecular flexibility index (Phi) is 4.37. The number of rotatable bonds is 2. The Labute approximate surface area is 127 Å². The van der Waals surface area contributed by atoms with Gasteiger partial charge in [0.2, 0.25) is 0 Å². The van der Waals surface area contributed by atoms with Crippen LogP contribution < -0.4 is 5.32 Å². The molecule has 0 saturated carbocycles. The number of hydrogen-bond donors (Lipinski definition) is 1. The normalized spacial score (nSPS) is 10.3. The molecule has 2 rings (SSSR count). The van der Waals surface area contributed by atoms with Crippen molar-refractivity contribution < 1.29 is 9.18 Å². The monoisotopic (exact) mass is 385 g/mol. The standard InChI is InChI=1S/C14H10Br2FNO/c1-8-2-5-12(17)13(6-8)18-14(19)10-4-3-9(15)7-11(10)16/h2-7H,1H3,(H,18,19). The molecule has 0 radical (unpaired) electrons. The molecule has 5 heteroatoms. The summed E-state index contributed by atoms with van der Waals surface area (Å²) in [7, 11) is 0. The molecule has 2 aromatic carbocycles. The van der Waals surface area contributed by atoms with Crippen LogP contribution in [0.2, 0.25) is 0 Å². The minimum absolute atomic E-state index is 0.180. The third-order valence-corrected chi connectivity index (χ3v) is 3.70. The second-order valence-electron chi connectivity index (χ2n) is 4.06. The maximum atomic E-state index is 13.6. The van der Waals surface area contributed by atoms with Gasteiger partial charge in [0.1, 0.15) is 5.82 Å². The third kappa shape index (κ3) is 3.42. The SMILES string of the molecule is Cc1ccc(F)c(NC(=O)c2ccc(Br)cc2Br)c1. The van der Waals surface area contributed by atoms with Gasteiger partial charge in [-0.3, -0.25) is 4.79 Å². The van der Waals surface area contributed by atoms with Gasteiger partial charge < -0.3 is 5.32 Å². The minimum Gasteiger partial charge on any atom is -0.319 e. The summed E-state index contributed by atoms with van der Waals surface area (Å²) in [5.41, 5.74) is 1.51. The van der Waals surface area contributed by atoms with E-state index >= 15 is 0 Å². The summed E-state index contributed by atoms with van der Waals surface area (Å²) in [5, 5.41) is 2.57. The number of anilines is 1. The number of benzene rings is 2. The van der Waals surface area contributed by atoms with E-state index in [4.69, 9.17) is 0 Å². The Balaban J connectivity index is 2.28. The average molecular weight is 387 g/mol. The summed E-state index contributed by atoms with van der Waals surface area (Å²) in [6, 6.07) is 9.77. The average Bonchev–Trinajstić information content (AvgIpc) is 2.33. The number of halogens is 3. The van der Waals surface area contributed by atoms with Crippen molar-refractivity contribution in [2.45, 2.75) is 6.92 Å². The molecule has 2 aromatic rings. The Morgan fingerprint density at radius 3 is 2.58 bits per heavy atom. The number of nitrogens with one attached hydrogen (secondary N) is 1. The van der Waals surface area contributed by atoms with Gasteiger partial charge in [-0.25, -0.2) is 4.39 Å². The first-order valence-corrected chi connectivity index (χ1v) is 7.08. The van der Waals surface area contributed by atoms with Crippen molar-refractivity contribution >= 4 is 43.5 Å². The molecule has 0 aromatic heterocycles. The summed E-state index contributed by atoms with van der Waals surface area (Å²) in [4.78, 5) is 12.1. The fraction of sp³-hybridized carbons (Fsp3) is 0.0714. The smallest absolute Gasteiger partial charge is 0.256 e. The molecule has 0 atom stereocenters. The van der Waals surface area contributed by atoms with Gasteiger partial charge in [-0.1, -0.05) is 22.0 Å². The van der Waals surface area contributed by atoms with Crippen molar-refractivity contribution in [3.05, 3.63) is 62.3 Å². The molecule has 1 amide bonds. The van der Waals surface area contributed by atoms with Crippen molar-refractivity contribution in [3.63, 3.8) is 0 Å². The molecule has 0 fully saturated rings. The molecular formula is C14H10Br2FNO. The van der Waals surface area contributed by atoms with Gasteiger partial charge in [0.15, 0.2) is 0 Å². The Morgan fingerprint density at radius 2 is 1.89 bits per heavy atom. The van der Waals surface area contributed by atoms with Crippen LogP contribution in [0.25, 0.3) is 0 Å². The van der Waals surface area contributed by atoms with Gasteiger partial charge in [-0.15, -0.1) is 0 Å². The largest absolute Gasteiger partial charge is 0.319 e. The van der Waals surface area contributed by atoms with Crippen LogP contribution in [0.15, 0.2) is 45.3 Å². The van der Waals surface area contributed by atoms with E-state index in [9.17, 15) is 9.18 Å². The molecule has 0 aliphatic heterocycles. The highest BCUT2D eigenvalue weighted by atomic mass is 79.9. The van der Waals surface area contributed by atoms with Crippen molar-refractivity contribution in [1.29, 1.82) is 0 Å². The topological polar surface area (TPSA) is 29.1 Å². The highest BCUT2D eigenvalue weighted by Crippen LogP contribution is 2.23. The summed E-state index contributed by atoms with van der Waals surface area (Å²) in [5.74, 6) is -0.809. The van der Waals surface area contributed by atoms with Gasteiger partial charge in [-0.2, -0.15) is 0 Å². The first-order valence-electron chi connectivity index (χ1n) is 5.50. The molecule has 0 unspecified atom stereocenters. The summed E-state index contributed by atoms with van der Waals surface area (Å²) >= 11 is 6.62. The van der Waals surface area contributed by atoms with Crippen molar-refractivity contribution in [3.8, 4) is 0 Å². The molecule has 0 spiro atoms. The van der Waals surface area contributed by atoms with E-state index < -0.39 is 5.82 Å². The zero-order chi connectivity index (χ0) is 14.0. The maximum absolute atomic E-state index is 13.6. The highest BCUT2D eigenvalue weighted by Gasteiger charge is 2.12. The van der Waals surface area contributed by atoms with E-state index in [2.05, 4.69) is 37.2 Å². The zero-order valence-electron chi connectivity index (χ0n) is 10.0. The lowest BCUT2D eigenvalue weighted by molar-refractivity contribution is 0.102. The third-order valence-electron chi connectivity index (χ3n) is 2.55. The van der Waals surface area contributed by atoms with E-state index in [0.717, 1.165) is 10.0 Å². The maximum Gasteiger partial charge on any atom is 0.256 e. The van der Waals surface area contributed by atoms with Crippen LogP contribution >= 0.6 is 31.9 Å². The molecule has 1 N–H and O–H groups in total. The van der Waals surface area contributed by atoms with Crippen LogP contribution in [-0.4, -0.2) is 5.91 Å². The lowest BCUT2D eigenvalue weighted by Gasteiger charge is -2.09. The van der Waals surface area contributed by atoms with E-state index in [0.29, 0.717) is 10.0 Å². The van der Waals surface area contributed by atoms with Gasteiger partial charge in [0.25, 0.3) is 5.91 Å². The van der Waals surface area contributed by atoms with Crippen molar-refractivity contribution in [2.24, 2.45) is 0 Å². The summed E-state index contributed by atoms with van der Waals surface area (Å²) in [6.07, 6.45) is 0. The van der Waals surface area contributed by atoms with Crippen LogP contribution in [-0.2, 0) is 0 Å². The van der Waals surface area contributed by atoms with Gasteiger partial charge in [0, 0.05) is 8.95 Å². The Bertz CT molecular complexity index is 643. The predicted octanol–water partition coefficient (Wildman–Crippen LogP) is 4.91. The quantitative estimate of drug-likeness (QED) is 0.780.